The van der Waals surface area contributed by atoms with Gasteiger partial charge in [0.05, 0.1) is 17.6 Å². The van der Waals surface area contributed by atoms with E-state index in [0.29, 0.717) is 5.65 Å². The Hall–Kier alpha value is -2.50. The number of H-pyrrole nitrogens is 1. The van der Waals surface area contributed by atoms with Crippen LogP contribution in [0.25, 0.3) is 11.2 Å². The average molecular weight is 251 g/mol. The Morgan fingerprint density at radius 1 is 1.32 bits per heavy atom. The van der Waals surface area contributed by atoms with Gasteiger partial charge in [0, 0.05) is 12.7 Å². The summed E-state index contributed by atoms with van der Waals surface area (Å²) in [6.07, 6.45) is 8.17. The van der Waals surface area contributed by atoms with Crippen LogP contribution in [-0.4, -0.2) is 31.7 Å². The van der Waals surface area contributed by atoms with Crippen LogP contribution in [0.2, 0.25) is 0 Å². The maximum absolute atomic E-state index is 4.44. The van der Waals surface area contributed by atoms with Gasteiger partial charge in [0.15, 0.2) is 17.0 Å². The van der Waals surface area contributed by atoms with Gasteiger partial charge < -0.3 is 4.90 Å². The highest BCUT2D eigenvalue weighted by Gasteiger charge is 2.23. The van der Waals surface area contributed by atoms with Crippen molar-refractivity contribution in [2.45, 2.75) is 12.8 Å². The molecule has 0 aliphatic carbocycles. The molecule has 4 heterocycles. The summed E-state index contributed by atoms with van der Waals surface area (Å²) in [6.45, 7) is 0.916. The van der Waals surface area contributed by atoms with Gasteiger partial charge in [-0.1, -0.05) is 0 Å². The molecule has 0 saturated carbocycles. The van der Waals surface area contributed by atoms with E-state index in [1.807, 2.05) is 12.3 Å². The van der Waals surface area contributed by atoms with Crippen LogP contribution in [-0.2, 0) is 6.42 Å². The molecule has 0 unspecified atom stereocenters. The topological polar surface area (TPSA) is 70.6 Å². The number of nitrogens with zero attached hydrogens (tertiary/aromatic N) is 5. The Kier molecular flexibility index (Phi) is 2.20. The van der Waals surface area contributed by atoms with Crippen LogP contribution in [0.5, 0.6) is 0 Å². The lowest BCUT2D eigenvalue weighted by Gasteiger charge is -2.28. The first-order chi connectivity index (χ1) is 9.43. The molecule has 0 fully saturated rings. The largest absolute Gasteiger partial charge is 0.321 e. The Labute approximate surface area is 109 Å². The second-order valence-corrected chi connectivity index (χ2v) is 4.47. The molecule has 1 radical (unpaired) electrons. The molecular weight excluding hydrogens is 240 g/mol. The molecule has 3 aromatic heterocycles. The van der Waals surface area contributed by atoms with Gasteiger partial charge in [-0.3, -0.25) is 10.1 Å². The maximum Gasteiger partial charge on any atom is 0.183 e. The molecule has 3 aromatic rings. The summed E-state index contributed by atoms with van der Waals surface area (Å²) in [5.74, 6) is 0.811. The van der Waals surface area contributed by atoms with E-state index >= 15 is 0 Å². The molecule has 6 heteroatoms. The van der Waals surface area contributed by atoms with Gasteiger partial charge in [0.1, 0.15) is 6.20 Å². The minimum absolute atomic E-state index is 0.661. The van der Waals surface area contributed by atoms with Crippen LogP contribution >= 0.6 is 0 Å². The number of aryl methyl sites for hydroxylation is 1. The fourth-order valence-electron chi connectivity index (χ4n) is 2.50. The molecule has 4 rings (SSSR count). The van der Waals surface area contributed by atoms with Crippen molar-refractivity contribution < 1.29 is 0 Å². The van der Waals surface area contributed by atoms with Gasteiger partial charge in [0.25, 0.3) is 0 Å². The van der Waals surface area contributed by atoms with Crippen molar-refractivity contribution in [3.8, 4) is 0 Å². The van der Waals surface area contributed by atoms with Crippen molar-refractivity contribution in [2.24, 2.45) is 0 Å². The standard InChI is InChI=1S/C13H11N6/c1-4-10-9(14-5-1)3-2-8-19(10)13-11-12(17-18-13)16-7-6-15-11/h1,4-6H,2-3,8H2,(H,16,17,18). The molecule has 19 heavy (non-hydrogen) atoms. The van der Waals surface area contributed by atoms with Crippen molar-refractivity contribution >= 4 is 22.7 Å². The van der Waals surface area contributed by atoms with Crippen molar-refractivity contribution in [1.29, 1.82) is 0 Å². The fourth-order valence-corrected chi connectivity index (χ4v) is 2.50. The van der Waals surface area contributed by atoms with Gasteiger partial charge in [-0.15, -0.1) is 0 Å². The van der Waals surface area contributed by atoms with Gasteiger partial charge in [0.2, 0.25) is 0 Å². The zero-order valence-electron chi connectivity index (χ0n) is 10.2. The Morgan fingerprint density at radius 2 is 2.32 bits per heavy atom. The summed E-state index contributed by atoms with van der Waals surface area (Å²) in [4.78, 5) is 15.0. The lowest BCUT2D eigenvalue weighted by Crippen LogP contribution is -2.25. The molecule has 0 atom stereocenters. The lowest BCUT2D eigenvalue weighted by molar-refractivity contribution is 0.738. The zero-order chi connectivity index (χ0) is 12.7. The molecule has 0 spiro atoms. The number of nitrogens with one attached hydrogen (secondary N) is 1. The smallest absolute Gasteiger partial charge is 0.183 e. The number of anilines is 2. The zero-order valence-corrected chi connectivity index (χ0v) is 10.2. The highest BCUT2D eigenvalue weighted by molar-refractivity contribution is 5.86. The third-order valence-electron chi connectivity index (χ3n) is 3.34. The van der Waals surface area contributed by atoms with Crippen molar-refractivity contribution in [3.05, 3.63) is 36.4 Å². The van der Waals surface area contributed by atoms with E-state index in [1.54, 1.807) is 6.20 Å². The van der Waals surface area contributed by atoms with Gasteiger partial charge in [-0.05, 0) is 25.0 Å². The first kappa shape index (κ1) is 10.4. The maximum atomic E-state index is 4.44. The molecule has 0 amide bonds. The van der Waals surface area contributed by atoms with E-state index in [2.05, 4.69) is 42.3 Å². The predicted octanol–water partition coefficient (Wildman–Crippen LogP) is 1.63. The molecule has 6 nitrogen and oxygen atoms in total. The number of rotatable bonds is 1. The van der Waals surface area contributed by atoms with E-state index < -0.39 is 0 Å². The molecule has 0 aromatic carbocycles. The quantitative estimate of drug-likeness (QED) is 0.711. The highest BCUT2D eigenvalue weighted by atomic mass is 15.3. The Bertz CT molecular complexity index is 735. The number of pyridine rings is 1. The third-order valence-corrected chi connectivity index (χ3v) is 3.34. The molecule has 1 N–H and O–H groups in total. The van der Waals surface area contributed by atoms with Gasteiger partial charge in [-0.2, -0.15) is 5.10 Å². The Balaban J connectivity index is 1.90. The number of hydrogen-bond donors (Lipinski definition) is 1. The number of hydrogen-bond acceptors (Lipinski definition) is 5. The lowest BCUT2D eigenvalue weighted by atomic mass is 10.1. The fraction of sp³-hybridized carbons (Fsp3) is 0.231. The average Bonchev–Trinajstić information content (AvgIpc) is 2.90. The summed E-state index contributed by atoms with van der Waals surface area (Å²) in [5, 5.41) is 7.25. The first-order valence-corrected chi connectivity index (χ1v) is 6.22. The van der Waals surface area contributed by atoms with Crippen molar-refractivity contribution in [3.63, 3.8) is 0 Å². The van der Waals surface area contributed by atoms with Crippen LogP contribution in [0.15, 0.2) is 24.5 Å². The molecule has 0 saturated heterocycles. The molecule has 93 valence electrons. The second kappa shape index (κ2) is 4.01. The molecule has 1 aliphatic rings. The number of fused-ring (bicyclic) bond motifs is 2. The van der Waals surface area contributed by atoms with Gasteiger partial charge >= 0.3 is 0 Å². The normalized spacial score (nSPS) is 14.6. The molecule has 0 bridgehead atoms. The van der Waals surface area contributed by atoms with E-state index in [-0.39, 0.29) is 0 Å². The summed E-state index contributed by atoms with van der Waals surface area (Å²) in [5.41, 5.74) is 3.65. The van der Waals surface area contributed by atoms with Crippen LogP contribution in [0.1, 0.15) is 12.1 Å². The highest BCUT2D eigenvalue weighted by Crippen LogP contribution is 2.33. The third kappa shape index (κ3) is 1.56. The van der Waals surface area contributed by atoms with E-state index in [1.165, 1.54) is 0 Å². The first-order valence-electron chi connectivity index (χ1n) is 6.22. The van der Waals surface area contributed by atoms with Crippen LogP contribution in [0.4, 0.5) is 11.5 Å². The predicted molar refractivity (Wildman–Crippen MR) is 70.1 cm³/mol. The SMILES string of the molecule is [c]1cnc2c(N3CCCc4ncccc43)n[nH]c2n1. The van der Waals surface area contributed by atoms with Crippen molar-refractivity contribution in [1.82, 2.24) is 25.1 Å². The molecular formula is C13H11N6. The van der Waals surface area contributed by atoms with Crippen LogP contribution in [0, 0.1) is 6.20 Å². The number of aromatic amines is 1. The summed E-state index contributed by atoms with van der Waals surface area (Å²) < 4.78 is 0. The van der Waals surface area contributed by atoms with Gasteiger partial charge in [-0.25, -0.2) is 9.97 Å². The Morgan fingerprint density at radius 3 is 3.32 bits per heavy atom. The summed E-state index contributed by atoms with van der Waals surface area (Å²) >= 11 is 0. The second-order valence-electron chi connectivity index (χ2n) is 4.47. The van der Waals surface area contributed by atoms with Crippen LogP contribution in [0.3, 0.4) is 0 Å². The summed E-state index contributed by atoms with van der Waals surface area (Å²) in [6, 6.07) is 4.02. The number of aromatic nitrogens is 5. The van der Waals surface area contributed by atoms with E-state index in [4.69, 9.17) is 0 Å². The monoisotopic (exact) mass is 251 g/mol. The minimum atomic E-state index is 0.661. The molecule has 1 aliphatic heterocycles. The minimum Gasteiger partial charge on any atom is -0.321 e. The van der Waals surface area contributed by atoms with E-state index in [0.717, 1.165) is 42.1 Å². The van der Waals surface area contributed by atoms with Crippen LogP contribution < -0.4 is 4.90 Å². The van der Waals surface area contributed by atoms with Crippen molar-refractivity contribution in [2.75, 3.05) is 11.4 Å². The summed E-state index contributed by atoms with van der Waals surface area (Å²) in [7, 11) is 0. The van der Waals surface area contributed by atoms with E-state index in [9.17, 15) is 0 Å².